The molecule has 0 fully saturated rings. The summed E-state index contributed by atoms with van der Waals surface area (Å²) in [4.78, 5) is 73.0. The molecule has 0 spiro atoms. The van der Waals surface area contributed by atoms with E-state index in [0.29, 0.717) is 32.1 Å². The van der Waals surface area contributed by atoms with Gasteiger partial charge in [0, 0.05) is 25.7 Å². The van der Waals surface area contributed by atoms with Crippen LogP contribution in [0, 0.1) is 0 Å². The lowest BCUT2D eigenvalue weighted by Gasteiger charge is -2.21. The van der Waals surface area contributed by atoms with Crippen LogP contribution >= 0.6 is 15.6 Å². The van der Waals surface area contributed by atoms with E-state index in [4.69, 9.17) is 37.0 Å². The minimum absolute atomic E-state index is 0.0261. The molecule has 0 aliphatic heterocycles. The number of aliphatic hydroxyl groups is 1. The van der Waals surface area contributed by atoms with Crippen LogP contribution in [0.15, 0.2) is 182 Å². The molecule has 0 aromatic rings. The lowest BCUT2D eigenvalue weighted by molar-refractivity contribution is -0.161. The lowest BCUT2D eigenvalue weighted by atomic mass is 10.1. The zero-order chi connectivity index (χ0) is 77.4. The Labute approximate surface area is 641 Å². The summed E-state index contributed by atoms with van der Waals surface area (Å²) in [7, 11) is -10.0. The summed E-state index contributed by atoms with van der Waals surface area (Å²) < 4.78 is 68.5. The van der Waals surface area contributed by atoms with E-state index in [0.717, 1.165) is 180 Å². The molecule has 0 saturated carbocycles. The summed E-state index contributed by atoms with van der Waals surface area (Å²) >= 11 is 0. The quantitative estimate of drug-likeness (QED) is 0.0169. The summed E-state index contributed by atoms with van der Waals surface area (Å²) in [5.41, 5.74) is 0. The topological polar surface area (TPSA) is 237 Å². The van der Waals surface area contributed by atoms with Crippen LogP contribution in [0.3, 0.4) is 0 Å². The number of rotatable bonds is 73. The van der Waals surface area contributed by atoms with Gasteiger partial charge >= 0.3 is 39.5 Å². The first-order valence-corrected chi connectivity index (χ1v) is 43.0. The first-order valence-electron chi connectivity index (χ1n) is 40.0. The standard InChI is InChI=1S/C87H140O17P2/c1-5-9-13-17-21-25-29-33-36-38-40-42-45-48-51-55-59-63-67-71-84(89)97-77-82(103-86(91)73-69-65-61-57-53-47-32-28-24-20-16-12-8-4)79-101-105(93,94)99-75-81(88)76-100-106(95,96)102-80-83(104-87(92)74-70-66-62-58-54-50-44-35-31-27-23-19-15-11-7-3)78-98-85(90)72-68-64-60-56-52-49-46-43-41-39-37-34-30-26-22-18-14-10-6-2/h9-10,13-14,16,20-23,25-28,32-37,40-44,48-49,51-52,60,64,81-83,88H,5-8,11-12,15,17-19,24,29-31,38-39,45-47,50,53-59,61-63,65-80H2,1-4H3,(H,93,94)(H,95,96)/b13-9-,14-10-,20-16-,25-21-,26-22-,27-23-,32-28-,36-33-,37-34-,42-40-,43-41-,44-35-,51-48-,52-49-,64-60-. The van der Waals surface area contributed by atoms with E-state index in [1.54, 1.807) is 0 Å². The smallest absolute Gasteiger partial charge is 0.462 e. The van der Waals surface area contributed by atoms with Gasteiger partial charge in [-0.2, -0.15) is 0 Å². The molecule has 0 aliphatic rings. The molecule has 0 aromatic carbocycles. The molecule has 19 heteroatoms. The number of phosphoric ester groups is 2. The predicted octanol–water partition coefficient (Wildman–Crippen LogP) is 23.6. The largest absolute Gasteiger partial charge is 0.472 e. The molecule has 0 aromatic heterocycles. The molecule has 0 saturated heterocycles. The van der Waals surface area contributed by atoms with E-state index >= 15 is 0 Å². The van der Waals surface area contributed by atoms with E-state index < -0.39 is 97.5 Å². The fourth-order valence-corrected chi connectivity index (χ4v) is 11.4. The molecule has 5 unspecified atom stereocenters. The minimum Gasteiger partial charge on any atom is -0.462 e. The maximum atomic E-state index is 13.1. The first kappa shape index (κ1) is 100. The van der Waals surface area contributed by atoms with Crippen LogP contribution in [-0.4, -0.2) is 96.7 Å². The van der Waals surface area contributed by atoms with Crippen molar-refractivity contribution in [3.8, 4) is 0 Å². The Kier molecular flexibility index (Phi) is 73.1. The van der Waals surface area contributed by atoms with Crippen molar-refractivity contribution >= 4 is 39.5 Å². The van der Waals surface area contributed by atoms with Gasteiger partial charge in [-0.05, 0) is 167 Å². The van der Waals surface area contributed by atoms with Crippen LogP contribution in [0.4, 0.5) is 0 Å². The molecule has 106 heavy (non-hydrogen) atoms. The number of aliphatic hydroxyl groups excluding tert-OH is 1. The van der Waals surface area contributed by atoms with Gasteiger partial charge < -0.3 is 33.8 Å². The SMILES string of the molecule is CC/C=C\C/C=C\C/C=C\C/C=C\C/C=C\C/C=C\CCC(=O)OCC(COP(=O)(O)OCC(O)COP(=O)(O)OCC(COC(=O)CCCCC/C=C\C/C=C\C/C=C\C/C=C\C/C=C\CC)OC(=O)CCCCCCC/C=C\C/C=C\CCC)OC(=O)CCCCCCC/C=C\C/C=C\CCCCC. The predicted molar refractivity (Wildman–Crippen MR) is 436 cm³/mol. The van der Waals surface area contributed by atoms with Crippen molar-refractivity contribution in [3.63, 3.8) is 0 Å². The summed E-state index contributed by atoms with van der Waals surface area (Å²) in [6.45, 7) is 4.38. The van der Waals surface area contributed by atoms with Crippen LogP contribution in [-0.2, 0) is 65.4 Å². The molecule has 0 radical (unpaired) electrons. The molecule has 5 atom stereocenters. The number of allylic oxidation sites excluding steroid dienone is 30. The Morgan fingerprint density at radius 1 is 0.274 bits per heavy atom. The van der Waals surface area contributed by atoms with E-state index in [2.05, 4.69) is 192 Å². The third-order valence-electron chi connectivity index (χ3n) is 15.8. The van der Waals surface area contributed by atoms with Crippen molar-refractivity contribution in [3.05, 3.63) is 182 Å². The molecule has 600 valence electrons. The summed E-state index contributed by atoms with van der Waals surface area (Å²) in [5, 5.41) is 10.6. The first-order chi connectivity index (χ1) is 51.7. The van der Waals surface area contributed by atoms with Crippen molar-refractivity contribution in [2.75, 3.05) is 39.6 Å². The van der Waals surface area contributed by atoms with Crippen LogP contribution in [0.25, 0.3) is 0 Å². The average Bonchev–Trinajstić information content (AvgIpc) is 0.933. The van der Waals surface area contributed by atoms with E-state index in [9.17, 15) is 43.2 Å². The fraction of sp³-hybridized carbons (Fsp3) is 0.609. The number of carbonyl (C=O) groups is 4. The molecule has 0 rings (SSSR count). The minimum atomic E-state index is -5.01. The van der Waals surface area contributed by atoms with Crippen LogP contribution in [0.5, 0.6) is 0 Å². The van der Waals surface area contributed by atoms with E-state index in [-0.39, 0.29) is 25.7 Å². The molecule has 0 bridgehead atoms. The maximum Gasteiger partial charge on any atom is 0.472 e. The van der Waals surface area contributed by atoms with E-state index in [1.807, 2.05) is 18.2 Å². The van der Waals surface area contributed by atoms with Gasteiger partial charge in [0.1, 0.15) is 19.3 Å². The van der Waals surface area contributed by atoms with Crippen molar-refractivity contribution in [1.82, 2.24) is 0 Å². The lowest BCUT2D eigenvalue weighted by Crippen LogP contribution is -2.30. The van der Waals surface area contributed by atoms with Crippen LogP contribution in [0.1, 0.15) is 285 Å². The highest BCUT2D eigenvalue weighted by Crippen LogP contribution is 2.45. The van der Waals surface area contributed by atoms with Crippen molar-refractivity contribution in [2.24, 2.45) is 0 Å². The molecule has 17 nitrogen and oxygen atoms in total. The Morgan fingerprint density at radius 3 is 0.858 bits per heavy atom. The number of hydrogen-bond acceptors (Lipinski definition) is 15. The number of unbranched alkanes of at least 4 members (excludes halogenated alkanes) is 17. The van der Waals surface area contributed by atoms with Gasteiger partial charge in [-0.1, -0.05) is 274 Å². The summed E-state index contributed by atoms with van der Waals surface area (Å²) in [5.74, 6) is -2.36. The van der Waals surface area contributed by atoms with Crippen LogP contribution in [0.2, 0.25) is 0 Å². The van der Waals surface area contributed by atoms with Gasteiger partial charge in [-0.3, -0.25) is 37.3 Å². The second kappa shape index (κ2) is 77.3. The van der Waals surface area contributed by atoms with Gasteiger partial charge in [0.2, 0.25) is 0 Å². The van der Waals surface area contributed by atoms with Gasteiger partial charge in [0.25, 0.3) is 0 Å². The van der Waals surface area contributed by atoms with Crippen LogP contribution < -0.4 is 0 Å². The number of phosphoric acid groups is 2. The fourth-order valence-electron chi connectivity index (χ4n) is 9.81. The monoisotopic (exact) mass is 1520 g/mol. The van der Waals surface area contributed by atoms with Gasteiger partial charge in [0.15, 0.2) is 12.2 Å². The van der Waals surface area contributed by atoms with Crippen molar-refractivity contribution in [2.45, 2.75) is 303 Å². The number of ether oxygens (including phenoxy) is 4. The van der Waals surface area contributed by atoms with Gasteiger partial charge in [-0.25, -0.2) is 9.13 Å². The molecule has 3 N–H and O–H groups in total. The number of hydrogen-bond donors (Lipinski definition) is 3. The second-order valence-corrected chi connectivity index (χ2v) is 28.8. The zero-order valence-corrected chi connectivity index (χ0v) is 67.3. The normalized spacial score (nSPS) is 14.8. The highest BCUT2D eigenvalue weighted by atomic mass is 31.2. The number of esters is 4. The Hall–Kier alpha value is -5.84. The summed E-state index contributed by atoms with van der Waals surface area (Å²) in [6.07, 6.45) is 93.1. The molecular formula is C87H140O17P2. The van der Waals surface area contributed by atoms with Gasteiger partial charge in [-0.15, -0.1) is 0 Å². The average molecular weight is 1520 g/mol. The third-order valence-corrected chi connectivity index (χ3v) is 17.7. The maximum absolute atomic E-state index is 13.1. The summed E-state index contributed by atoms with van der Waals surface area (Å²) in [6, 6.07) is 0. The second-order valence-electron chi connectivity index (χ2n) is 25.9. The Bertz CT molecular complexity index is 2730. The van der Waals surface area contributed by atoms with Crippen molar-refractivity contribution < 1.29 is 80.2 Å². The molecular weight excluding hydrogens is 1380 g/mol. The highest BCUT2D eigenvalue weighted by Gasteiger charge is 2.30. The molecule has 0 aliphatic carbocycles. The van der Waals surface area contributed by atoms with Gasteiger partial charge in [0.05, 0.1) is 26.4 Å². The third kappa shape index (κ3) is 76.4. The Morgan fingerprint density at radius 2 is 0.528 bits per heavy atom. The zero-order valence-electron chi connectivity index (χ0n) is 65.5. The molecule has 0 amide bonds. The highest BCUT2D eigenvalue weighted by molar-refractivity contribution is 7.47. The number of carbonyl (C=O) groups excluding carboxylic acids is 4. The molecule has 0 heterocycles. The van der Waals surface area contributed by atoms with Crippen molar-refractivity contribution in [1.29, 1.82) is 0 Å². The Balaban J connectivity index is 5.48. The van der Waals surface area contributed by atoms with E-state index in [1.165, 1.54) is 19.3 Å².